The van der Waals surface area contributed by atoms with Gasteiger partial charge in [0.05, 0.1) is 24.7 Å². The van der Waals surface area contributed by atoms with Crippen LogP contribution in [0.15, 0.2) is 24.3 Å². The number of methoxy groups -OCH3 is 1. The molecule has 1 rings (SSSR count). The Morgan fingerprint density at radius 1 is 1.27 bits per heavy atom. The zero-order chi connectivity index (χ0) is 11.3. The monoisotopic (exact) mass is 247 g/mol. The van der Waals surface area contributed by atoms with E-state index in [1.165, 1.54) is 7.11 Å². The number of benzene rings is 1. The molecule has 0 saturated heterocycles. The number of nitrogens with zero attached hydrogens (tertiary/aromatic N) is 1. The molecule has 0 aromatic heterocycles. The number of rotatable bonds is 4. The Kier molecular flexibility index (Phi) is 4.72. The second kappa shape index (κ2) is 5.83. The second-order valence-corrected chi connectivity index (χ2v) is 3.30. The topological polar surface area (TPSA) is 29.5 Å². The molecule has 1 aromatic carbocycles. The van der Waals surface area contributed by atoms with E-state index in [0.29, 0.717) is 17.6 Å². The molecule has 0 fully saturated rings. The lowest BCUT2D eigenvalue weighted by Crippen LogP contribution is -2.19. The van der Waals surface area contributed by atoms with E-state index in [9.17, 15) is 4.79 Å². The van der Waals surface area contributed by atoms with E-state index in [1.807, 2.05) is 0 Å². The number of esters is 1. The first-order chi connectivity index (χ1) is 7.22. The zero-order valence-corrected chi connectivity index (χ0v) is 9.76. The van der Waals surface area contributed by atoms with Gasteiger partial charge < -0.3 is 9.64 Å². The molecule has 5 heteroatoms. The van der Waals surface area contributed by atoms with Crippen LogP contribution in [0.4, 0.5) is 5.69 Å². The first-order valence-electron chi connectivity index (χ1n) is 4.28. The minimum atomic E-state index is -0.357. The van der Waals surface area contributed by atoms with E-state index < -0.39 is 0 Å². The van der Waals surface area contributed by atoms with Gasteiger partial charge in [-0.1, -0.05) is 0 Å². The quantitative estimate of drug-likeness (QED) is 0.466. The van der Waals surface area contributed by atoms with E-state index in [2.05, 4.69) is 4.74 Å². The maximum atomic E-state index is 11.1. The summed E-state index contributed by atoms with van der Waals surface area (Å²) in [7, 11) is 1.35. The maximum absolute atomic E-state index is 11.1. The maximum Gasteiger partial charge on any atom is 0.337 e. The van der Waals surface area contributed by atoms with E-state index in [1.54, 1.807) is 29.2 Å². The summed E-state index contributed by atoms with van der Waals surface area (Å²) in [5, 5.41) is 0. The van der Waals surface area contributed by atoms with Gasteiger partial charge in [-0.05, 0) is 24.3 Å². The van der Waals surface area contributed by atoms with Crippen LogP contribution in [0.3, 0.4) is 0 Å². The summed E-state index contributed by atoms with van der Waals surface area (Å²) in [5.74, 6) is -0.357. The van der Waals surface area contributed by atoms with Crippen LogP contribution < -0.4 is 4.90 Å². The molecule has 0 atom stereocenters. The van der Waals surface area contributed by atoms with Crippen LogP contribution in [-0.2, 0) is 4.74 Å². The fourth-order valence-electron chi connectivity index (χ4n) is 1.10. The normalized spacial score (nSPS) is 9.80. The van der Waals surface area contributed by atoms with Crippen LogP contribution in [-0.4, -0.2) is 25.1 Å². The summed E-state index contributed by atoms with van der Waals surface area (Å²) < 4.78 is 4.58. The number of carbonyl (C=O) groups excluding carboxylic acids is 1. The summed E-state index contributed by atoms with van der Waals surface area (Å²) in [4.78, 5) is 12.9. The van der Waals surface area contributed by atoms with Crippen molar-refractivity contribution < 1.29 is 9.53 Å². The SMILES string of the molecule is COC(=O)c1ccc(N(CCl)CCl)cc1. The fourth-order valence-corrected chi connectivity index (χ4v) is 1.63. The molecule has 0 N–H and O–H groups in total. The van der Waals surface area contributed by atoms with Gasteiger partial charge in [0, 0.05) is 5.69 Å². The highest BCUT2D eigenvalue weighted by atomic mass is 35.5. The predicted molar refractivity (Wildman–Crippen MR) is 61.7 cm³/mol. The average Bonchev–Trinajstić information content (AvgIpc) is 2.30. The second-order valence-electron chi connectivity index (χ2n) is 2.82. The van der Waals surface area contributed by atoms with Gasteiger partial charge in [-0.2, -0.15) is 0 Å². The van der Waals surface area contributed by atoms with Crippen molar-refractivity contribution in [2.24, 2.45) is 0 Å². The van der Waals surface area contributed by atoms with E-state index in [0.717, 1.165) is 5.69 Å². The molecule has 0 saturated carbocycles. The molecule has 0 radical (unpaired) electrons. The molecule has 0 aliphatic heterocycles. The first kappa shape index (κ1) is 12.1. The Balaban J connectivity index is 2.84. The molecule has 0 amide bonds. The minimum Gasteiger partial charge on any atom is -0.465 e. The summed E-state index contributed by atoms with van der Waals surface area (Å²) in [5.41, 5.74) is 1.37. The van der Waals surface area contributed by atoms with Crippen molar-refractivity contribution in [3.05, 3.63) is 29.8 Å². The van der Waals surface area contributed by atoms with Gasteiger partial charge in [-0.15, -0.1) is 23.2 Å². The van der Waals surface area contributed by atoms with Crippen LogP contribution in [0.1, 0.15) is 10.4 Å². The Labute approximate surface area is 98.5 Å². The number of hydrogen-bond donors (Lipinski definition) is 0. The van der Waals surface area contributed by atoms with Gasteiger partial charge in [0.15, 0.2) is 0 Å². The van der Waals surface area contributed by atoms with Crippen molar-refractivity contribution in [2.45, 2.75) is 0 Å². The first-order valence-corrected chi connectivity index (χ1v) is 5.35. The summed E-state index contributed by atoms with van der Waals surface area (Å²) in [6.45, 7) is 0. The highest BCUT2D eigenvalue weighted by Gasteiger charge is 2.07. The van der Waals surface area contributed by atoms with Crippen molar-refractivity contribution in [1.29, 1.82) is 0 Å². The molecule has 15 heavy (non-hydrogen) atoms. The summed E-state index contributed by atoms with van der Waals surface area (Å²) in [6.07, 6.45) is 0. The highest BCUT2D eigenvalue weighted by molar-refractivity contribution is 6.22. The van der Waals surface area contributed by atoms with Crippen molar-refractivity contribution in [1.82, 2.24) is 0 Å². The minimum absolute atomic E-state index is 0.307. The van der Waals surface area contributed by atoms with Crippen molar-refractivity contribution >= 4 is 34.9 Å². The molecule has 0 aliphatic carbocycles. The van der Waals surface area contributed by atoms with Crippen molar-refractivity contribution in [3.63, 3.8) is 0 Å². The molecule has 82 valence electrons. The Hall–Kier alpha value is -0.930. The molecule has 0 unspecified atom stereocenters. The molecular weight excluding hydrogens is 237 g/mol. The standard InChI is InChI=1S/C10H11Cl2NO2/c1-15-10(14)8-2-4-9(5-3-8)13(6-11)7-12/h2-5H,6-7H2,1H3. The summed E-state index contributed by atoms with van der Waals surface area (Å²) >= 11 is 11.4. The Morgan fingerprint density at radius 3 is 2.20 bits per heavy atom. The van der Waals surface area contributed by atoms with Gasteiger partial charge >= 0.3 is 5.97 Å². The lowest BCUT2D eigenvalue weighted by Gasteiger charge is -2.18. The average molecular weight is 248 g/mol. The van der Waals surface area contributed by atoms with E-state index >= 15 is 0 Å². The van der Waals surface area contributed by atoms with E-state index in [4.69, 9.17) is 23.2 Å². The number of ether oxygens (including phenoxy) is 1. The Bertz CT molecular complexity index is 323. The predicted octanol–water partition coefficient (Wildman–Crippen LogP) is 2.67. The van der Waals surface area contributed by atoms with E-state index in [-0.39, 0.29) is 5.97 Å². The van der Waals surface area contributed by atoms with Crippen LogP contribution in [0.25, 0.3) is 0 Å². The molecular formula is C10H11Cl2NO2. The number of hydrogen-bond acceptors (Lipinski definition) is 3. The van der Waals surface area contributed by atoms with Crippen molar-refractivity contribution in [2.75, 3.05) is 24.0 Å². The zero-order valence-electron chi connectivity index (χ0n) is 8.24. The van der Waals surface area contributed by atoms with Gasteiger partial charge in [0.2, 0.25) is 0 Å². The van der Waals surface area contributed by atoms with Gasteiger partial charge in [0.25, 0.3) is 0 Å². The Morgan fingerprint density at radius 2 is 1.80 bits per heavy atom. The van der Waals surface area contributed by atoms with Crippen molar-refractivity contribution in [3.8, 4) is 0 Å². The molecule has 0 aliphatic rings. The van der Waals surface area contributed by atoms with Crippen LogP contribution in [0.2, 0.25) is 0 Å². The number of halogens is 2. The summed E-state index contributed by atoms with van der Waals surface area (Å²) in [6, 6.07) is 7.51. The fraction of sp³-hybridized carbons (Fsp3) is 0.300. The lowest BCUT2D eigenvalue weighted by atomic mass is 10.2. The van der Waals surface area contributed by atoms with Crippen LogP contribution in [0.5, 0.6) is 0 Å². The third kappa shape index (κ3) is 3.01. The van der Waals surface area contributed by atoms with Crippen LogP contribution in [0, 0.1) is 0 Å². The lowest BCUT2D eigenvalue weighted by molar-refractivity contribution is 0.0601. The van der Waals surface area contributed by atoms with Gasteiger partial charge in [0.1, 0.15) is 0 Å². The highest BCUT2D eigenvalue weighted by Crippen LogP contribution is 2.16. The number of carbonyl (C=O) groups is 1. The largest absolute Gasteiger partial charge is 0.465 e. The molecule has 0 bridgehead atoms. The molecule has 3 nitrogen and oxygen atoms in total. The van der Waals surface area contributed by atoms with Gasteiger partial charge in [-0.3, -0.25) is 0 Å². The van der Waals surface area contributed by atoms with Crippen LogP contribution >= 0.6 is 23.2 Å². The molecule has 0 spiro atoms. The molecule has 1 aromatic rings. The number of alkyl halides is 2. The third-order valence-corrected chi connectivity index (χ3v) is 2.52. The van der Waals surface area contributed by atoms with Gasteiger partial charge in [-0.25, -0.2) is 4.79 Å². The smallest absolute Gasteiger partial charge is 0.337 e. The molecule has 0 heterocycles. The third-order valence-electron chi connectivity index (χ3n) is 1.94. The number of anilines is 1.